The quantitative estimate of drug-likeness (QED) is 0.151. The van der Waals surface area contributed by atoms with Crippen LogP contribution in [0.5, 0.6) is 0 Å². The molecular weight excluding hydrogens is 1160 g/mol. The zero-order chi connectivity index (χ0) is 64.2. The van der Waals surface area contributed by atoms with Crippen LogP contribution in [0.2, 0.25) is 0 Å². The number of anilines is 2. The van der Waals surface area contributed by atoms with Gasteiger partial charge in [0.05, 0.1) is 11.2 Å². The number of hydrogen-bond donors (Lipinski definition) is 4. The van der Waals surface area contributed by atoms with Gasteiger partial charge in [-0.1, -0.05) is 74.6 Å². The normalized spacial score (nSPS) is 41.3. The van der Waals surface area contributed by atoms with E-state index in [4.69, 9.17) is 10.7 Å². The van der Waals surface area contributed by atoms with Crippen LogP contribution in [-0.4, -0.2) is 107 Å². The lowest BCUT2D eigenvalue weighted by Crippen LogP contribution is -2.60. The van der Waals surface area contributed by atoms with Crippen LogP contribution >= 0.6 is 0 Å². The maximum atomic E-state index is 12.9. The molecule has 9 fully saturated rings. The third-order valence-corrected chi connectivity index (χ3v) is 29.2. The van der Waals surface area contributed by atoms with E-state index in [1.165, 1.54) is 77.0 Å². The van der Waals surface area contributed by atoms with Gasteiger partial charge < -0.3 is 35.8 Å². The fourth-order valence-electron chi connectivity index (χ4n) is 24.6. The van der Waals surface area contributed by atoms with Crippen molar-refractivity contribution in [3.05, 3.63) is 78.9 Å². The number of nitrogen functional groups attached to an aromatic ring is 1. The Hall–Kier alpha value is -5.86. The molecule has 5 N–H and O–H groups in total. The van der Waals surface area contributed by atoms with Crippen molar-refractivity contribution in [3.63, 3.8) is 0 Å². The summed E-state index contributed by atoms with van der Waals surface area (Å²) in [6.07, 6.45) is 39.3. The molecule has 6 unspecified atom stereocenters. The monoisotopic (exact) mass is 1270 g/mol. The summed E-state index contributed by atoms with van der Waals surface area (Å²) in [5.41, 5.74) is 9.46. The van der Waals surface area contributed by atoms with Crippen LogP contribution in [0.25, 0.3) is 11.2 Å². The fraction of sp³-hybridized carbons (Fsp3) is 0.718. The number of amides is 4. The second-order valence-electron chi connectivity index (χ2n) is 32.4. The minimum atomic E-state index is -0.637. The first-order chi connectivity index (χ1) is 43.5. The molecule has 15 heteroatoms. The smallest absolute Gasteiger partial charge is 0.303 e. The van der Waals surface area contributed by atoms with Crippen LogP contribution in [0, 0.1) is 104 Å². The molecule has 3 aliphatic heterocycles. The molecule has 508 valence electrons. The van der Waals surface area contributed by atoms with Crippen molar-refractivity contribution in [1.29, 1.82) is 0 Å². The number of carbonyl (C=O) groups excluding carboxylic acids is 4. The molecule has 15 rings (SSSR count). The summed E-state index contributed by atoms with van der Waals surface area (Å²) in [6.45, 7) is 23.4. The highest BCUT2D eigenvalue weighted by Crippen LogP contribution is 2.69. The van der Waals surface area contributed by atoms with Crippen LogP contribution in [0.1, 0.15) is 211 Å². The minimum Gasteiger partial charge on any atom is -0.481 e. The molecule has 0 radical (unpaired) electrons. The highest BCUT2D eigenvalue weighted by molar-refractivity contribution is 5.93. The van der Waals surface area contributed by atoms with E-state index in [0.29, 0.717) is 107 Å². The van der Waals surface area contributed by atoms with E-state index in [1.807, 2.05) is 30.5 Å². The van der Waals surface area contributed by atoms with Gasteiger partial charge in [0.15, 0.2) is 11.5 Å². The second kappa shape index (κ2) is 25.9. The molecule has 0 bridgehead atoms. The number of hydrogen-bond acceptors (Lipinski definition) is 9. The second-order valence-corrected chi connectivity index (χ2v) is 32.4. The Morgan fingerprint density at radius 2 is 0.957 bits per heavy atom. The summed E-state index contributed by atoms with van der Waals surface area (Å²) in [5, 5.41) is 12.3. The van der Waals surface area contributed by atoms with Gasteiger partial charge >= 0.3 is 5.97 Å². The Morgan fingerprint density at radius 1 is 0.548 bits per heavy atom. The Balaban J connectivity index is 0.000000142. The molecule has 0 spiro atoms. The zero-order valence-corrected chi connectivity index (χ0v) is 56.3. The molecule has 9 saturated carbocycles. The average Bonchev–Trinajstić information content (AvgIpc) is 1.72. The molecule has 3 aromatic rings. The predicted octanol–water partition coefficient (Wildman–Crippen LogP) is 15.2. The molecular formula is C78H115N9O6. The number of rotatable bonds is 10. The van der Waals surface area contributed by atoms with Gasteiger partial charge in [0.1, 0.15) is 5.82 Å². The number of nitrogens with one attached hydrogen (secondary N) is 2. The van der Waals surface area contributed by atoms with E-state index >= 15 is 0 Å². The highest BCUT2D eigenvalue weighted by atomic mass is 16.4. The Morgan fingerprint density at radius 3 is 1.38 bits per heavy atom. The van der Waals surface area contributed by atoms with Gasteiger partial charge in [0.2, 0.25) is 23.6 Å². The molecule has 6 heterocycles. The van der Waals surface area contributed by atoms with Gasteiger partial charge in [-0.2, -0.15) is 0 Å². The molecule has 0 saturated heterocycles. The largest absolute Gasteiger partial charge is 0.481 e. The Kier molecular flexibility index (Phi) is 19.1. The molecule has 93 heavy (non-hydrogen) atoms. The van der Waals surface area contributed by atoms with E-state index in [1.54, 1.807) is 18.3 Å². The van der Waals surface area contributed by atoms with Gasteiger partial charge in [-0.15, -0.1) is 0 Å². The number of nitrogens with zero attached hydrogens (tertiary/aromatic N) is 6. The first-order valence-electron chi connectivity index (χ1n) is 36.0. The number of likely N-dealkylation sites (N-methyl/N-ethyl adjacent to an activating group) is 3. The van der Waals surface area contributed by atoms with E-state index in [9.17, 15) is 29.1 Å². The third-order valence-electron chi connectivity index (χ3n) is 29.2. The number of aliphatic carboxylic acids is 1. The highest BCUT2D eigenvalue weighted by Gasteiger charge is 2.64. The maximum Gasteiger partial charge on any atom is 0.303 e. The topological polar surface area (TPSA) is 208 Å². The predicted molar refractivity (Wildman–Crippen MR) is 370 cm³/mol. The van der Waals surface area contributed by atoms with Crippen LogP contribution in [0.3, 0.4) is 0 Å². The summed E-state index contributed by atoms with van der Waals surface area (Å²) >= 11 is 0. The van der Waals surface area contributed by atoms with Crippen molar-refractivity contribution >= 4 is 52.3 Å². The van der Waals surface area contributed by atoms with Gasteiger partial charge in [-0.3, -0.25) is 24.0 Å². The Bertz CT molecular complexity index is 3340. The van der Waals surface area contributed by atoms with Gasteiger partial charge in [0, 0.05) is 85.7 Å². The number of carbonyl (C=O) groups is 5. The zero-order valence-electron chi connectivity index (χ0n) is 56.3. The van der Waals surface area contributed by atoms with Crippen molar-refractivity contribution in [2.75, 3.05) is 30.7 Å². The lowest BCUT2D eigenvalue weighted by molar-refractivity contribution is -0.143. The van der Waals surface area contributed by atoms with E-state index in [2.05, 4.69) is 122 Å². The maximum absolute atomic E-state index is 12.9. The molecule has 9 aliphatic carbocycles. The number of pyridine rings is 2. The summed E-state index contributed by atoms with van der Waals surface area (Å²) in [5.74, 6) is 9.18. The third kappa shape index (κ3) is 11.3. The van der Waals surface area contributed by atoms with Crippen molar-refractivity contribution in [3.8, 4) is 0 Å². The summed E-state index contributed by atoms with van der Waals surface area (Å²) < 4.78 is 0. The molecule has 12 aliphatic rings. The molecule has 0 aromatic carbocycles. The average molecular weight is 1270 g/mol. The minimum absolute atomic E-state index is 0. The van der Waals surface area contributed by atoms with Crippen LogP contribution < -0.4 is 11.1 Å². The van der Waals surface area contributed by atoms with Crippen LogP contribution in [0.15, 0.2) is 73.1 Å². The van der Waals surface area contributed by atoms with Gasteiger partial charge in [0.25, 0.3) is 0 Å². The van der Waals surface area contributed by atoms with Crippen molar-refractivity contribution in [1.82, 2.24) is 34.6 Å². The number of nitrogens with two attached hydrogens (primary N) is 1. The number of fused-ring (bicyclic) bond motifs is 16. The molecule has 3 aromatic heterocycles. The van der Waals surface area contributed by atoms with Crippen LogP contribution in [0.4, 0.5) is 11.5 Å². The summed E-state index contributed by atoms with van der Waals surface area (Å²) in [6, 6.07) is 8.64. The number of aromatic nitrogens is 4. The summed E-state index contributed by atoms with van der Waals surface area (Å²) in [4.78, 5) is 84.9. The first kappa shape index (κ1) is 68.5. The lowest BCUT2D eigenvalue weighted by atomic mass is 9.47. The number of carboxylic acid groups (broad SMARTS) is 1. The standard InChI is InChI=1S/C27H38N4O2.C27H36N4O.C22H33NO3.2CH4/c1-4-31-22-10-8-18-19-9-7-17(16-23(32)30-25-21(28)6-5-15-29-25)26(19,2)13-11-20(18)27(22,3)14-12-24(31)33;1-4-31-22-10-8-18-19-9-7-17(16-23-29-21-6-5-15-28-25(21)30-23)26(19,2)13-11-20(18)27(22,3)14-12-24(31)32;1-4-23-18-8-6-15-16-7-5-14(13-20(25)26)21(16,2)11-9-17(15)22(18,3)12-10-19(23)24;;/h5-6,12,14-15,17-20,22H,4,7-11,13,16,28H2,1-3H3,(H,29,30,32);5-6,12,14-15,17-20,22H,4,7-11,13,16H2,1-3H3,(H,28,29,30);10,12,14-18H,4-9,11,13H2,1-3H3,(H,25,26);2*1H4/t2*17-,18?,19+,20?,22-,26-,27-;14-,15?,16+,17?,18-,21-,22-;;/m111../s1. The number of aromatic amines is 1. The van der Waals surface area contributed by atoms with Gasteiger partial charge in [-0.25, -0.2) is 15.0 Å². The van der Waals surface area contributed by atoms with Crippen molar-refractivity contribution in [2.24, 2.45) is 104 Å². The SMILES string of the molecule is C.C.CCN1C(=O)C=C[C@]2(C)C3CC[C@]4(C)[C@@H](CC(=O)Nc5ncccc5N)CC[C@H]4C3CC[C@@H]12.CCN1C(=O)C=C[C@]2(C)C3CC[C@]4(C)[C@@H](CC(=O)O)CC[C@H]4C3CC[C@@H]12.CCN1C(=O)C=C[C@]2(C)C3CC[C@]4(C)[C@@H](Cc5nc6ncccc6[nH]5)CC[C@H]4C3CC[C@@H]12. The van der Waals surface area contributed by atoms with Crippen molar-refractivity contribution in [2.45, 2.75) is 230 Å². The van der Waals surface area contributed by atoms with E-state index < -0.39 is 5.97 Å². The van der Waals surface area contributed by atoms with Crippen molar-refractivity contribution < 1.29 is 29.1 Å². The number of imidazole rings is 1. The molecule has 4 amide bonds. The Labute approximate surface area is 556 Å². The van der Waals surface area contributed by atoms with Crippen LogP contribution in [-0.2, 0) is 30.4 Å². The first-order valence-corrected chi connectivity index (χ1v) is 36.0. The number of carboxylic acids is 1. The van der Waals surface area contributed by atoms with Gasteiger partial charge in [-0.05, 0) is 266 Å². The van der Waals surface area contributed by atoms with E-state index in [-0.39, 0.29) is 65.6 Å². The molecule has 21 atom stereocenters. The summed E-state index contributed by atoms with van der Waals surface area (Å²) in [7, 11) is 0. The number of H-pyrrole nitrogens is 1. The fourth-order valence-corrected chi connectivity index (χ4v) is 24.6. The molecule has 15 nitrogen and oxygen atoms in total. The lowest BCUT2D eigenvalue weighted by Gasteiger charge is -2.60. The van der Waals surface area contributed by atoms with E-state index in [0.717, 1.165) is 93.4 Å².